The second kappa shape index (κ2) is 5.30. The van der Waals surface area contributed by atoms with Crippen LogP contribution in [0.5, 0.6) is 0 Å². The maximum absolute atomic E-state index is 5.64. The molecule has 0 aromatic carbocycles. The molecule has 1 aliphatic carbocycles. The maximum Gasteiger partial charge on any atom is 0.222 e. The van der Waals surface area contributed by atoms with Crippen LogP contribution in [0.25, 0.3) is 22.8 Å². The molecule has 3 aromatic rings. The first-order valence-corrected chi connectivity index (χ1v) is 7.35. The number of nitrogens with one attached hydrogen (secondary N) is 1. The Bertz CT molecular complexity index is 789. The summed E-state index contributed by atoms with van der Waals surface area (Å²) in [4.78, 5) is 4.21. The lowest BCUT2D eigenvalue weighted by Gasteiger charge is -2.14. The van der Waals surface area contributed by atoms with Gasteiger partial charge in [0.1, 0.15) is 5.69 Å². The highest BCUT2D eigenvalue weighted by Gasteiger charge is 2.27. The number of hydrogen-bond donors (Lipinski definition) is 2. The fraction of sp³-hybridized carbons (Fsp3) is 0.357. The van der Waals surface area contributed by atoms with Gasteiger partial charge < -0.3 is 5.73 Å². The lowest BCUT2D eigenvalue weighted by molar-refractivity contribution is 0.590. The van der Waals surface area contributed by atoms with E-state index in [0.29, 0.717) is 12.4 Å². The smallest absolute Gasteiger partial charge is 0.222 e. The molecule has 0 amide bonds. The summed E-state index contributed by atoms with van der Waals surface area (Å²) in [5, 5.41) is 19.3. The molecule has 112 valence electrons. The number of tetrazole rings is 1. The Morgan fingerprint density at radius 1 is 1.32 bits per heavy atom. The van der Waals surface area contributed by atoms with Gasteiger partial charge in [-0.2, -0.15) is 10.3 Å². The van der Waals surface area contributed by atoms with Gasteiger partial charge in [0.2, 0.25) is 5.82 Å². The van der Waals surface area contributed by atoms with Crippen molar-refractivity contribution < 1.29 is 0 Å². The average molecular weight is 296 g/mol. The van der Waals surface area contributed by atoms with Crippen LogP contribution >= 0.6 is 0 Å². The molecule has 4 rings (SSSR count). The van der Waals surface area contributed by atoms with Crippen molar-refractivity contribution in [1.82, 2.24) is 35.4 Å². The molecule has 3 N–H and O–H groups in total. The van der Waals surface area contributed by atoms with Crippen LogP contribution in [0, 0.1) is 0 Å². The molecule has 1 aliphatic rings. The molecular weight excluding hydrogens is 280 g/mol. The molecule has 3 heterocycles. The summed E-state index contributed by atoms with van der Waals surface area (Å²) in [7, 11) is 0. The van der Waals surface area contributed by atoms with E-state index in [9.17, 15) is 0 Å². The van der Waals surface area contributed by atoms with Crippen LogP contribution in [0.4, 0.5) is 0 Å². The standard InChI is InChI=1S/C14H16N8/c15-5-1-7-22-13(14-17-20-21-18-14)11-3-2-9-8-16-6-4-10(9)12(11)19-22/h4,6,8H,1-3,5,7,15H2,(H,17,18,20,21). The Balaban J connectivity index is 1.90. The highest BCUT2D eigenvalue weighted by Crippen LogP contribution is 2.37. The normalized spacial score (nSPS) is 13.0. The fourth-order valence-electron chi connectivity index (χ4n) is 2.98. The van der Waals surface area contributed by atoms with E-state index in [-0.39, 0.29) is 0 Å². The Labute approximate surface area is 126 Å². The molecule has 0 aliphatic heterocycles. The number of nitrogens with two attached hydrogens (primary N) is 1. The van der Waals surface area contributed by atoms with E-state index in [1.807, 2.05) is 16.9 Å². The van der Waals surface area contributed by atoms with E-state index >= 15 is 0 Å². The number of fused-ring (bicyclic) bond motifs is 3. The molecule has 0 atom stereocenters. The van der Waals surface area contributed by atoms with Crippen molar-refractivity contribution in [2.45, 2.75) is 25.8 Å². The van der Waals surface area contributed by atoms with Gasteiger partial charge in [0.25, 0.3) is 0 Å². The minimum atomic E-state index is 0.586. The number of rotatable bonds is 4. The minimum absolute atomic E-state index is 0.586. The topological polar surface area (TPSA) is 111 Å². The van der Waals surface area contributed by atoms with Crippen LogP contribution in [0.2, 0.25) is 0 Å². The zero-order valence-corrected chi connectivity index (χ0v) is 12.0. The number of H-pyrrole nitrogens is 1. The first-order chi connectivity index (χ1) is 10.9. The van der Waals surface area contributed by atoms with Crippen molar-refractivity contribution in [2.24, 2.45) is 5.73 Å². The summed E-state index contributed by atoms with van der Waals surface area (Å²) in [6.07, 6.45) is 6.44. The van der Waals surface area contributed by atoms with E-state index in [1.165, 1.54) is 11.1 Å². The van der Waals surface area contributed by atoms with Gasteiger partial charge in [-0.05, 0) is 42.7 Å². The van der Waals surface area contributed by atoms with Crippen molar-refractivity contribution in [3.8, 4) is 22.8 Å². The summed E-state index contributed by atoms with van der Waals surface area (Å²) in [6.45, 7) is 1.37. The summed E-state index contributed by atoms with van der Waals surface area (Å²) >= 11 is 0. The molecule has 8 heteroatoms. The van der Waals surface area contributed by atoms with Crippen molar-refractivity contribution in [3.05, 3.63) is 29.6 Å². The Hall–Kier alpha value is -2.61. The van der Waals surface area contributed by atoms with E-state index in [1.54, 1.807) is 6.20 Å². The largest absolute Gasteiger partial charge is 0.330 e. The minimum Gasteiger partial charge on any atom is -0.330 e. The van der Waals surface area contributed by atoms with Gasteiger partial charge in [-0.15, -0.1) is 10.2 Å². The molecule has 0 unspecified atom stereocenters. The molecule has 3 aromatic heterocycles. The first-order valence-electron chi connectivity index (χ1n) is 7.35. The van der Waals surface area contributed by atoms with Crippen LogP contribution in [0.3, 0.4) is 0 Å². The van der Waals surface area contributed by atoms with Crippen LogP contribution in [0.15, 0.2) is 18.5 Å². The monoisotopic (exact) mass is 296 g/mol. The highest BCUT2D eigenvalue weighted by molar-refractivity contribution is 5.75. The summed E-state index contributed by atoms with van der Waals surface area (Å²) in [5.41, 5.74) is 11.1. The molecule has 22 heavy (non-hydrogen) atoms. The molecule has 0 bridgehead atoms. The van der Waals surface area contributed by atoms with Gasteiger partial charge in [-0.1, -0.05) is 0 Å². The van der Waals surface area contributed by atoms with Crippen LogP contribution in [0.1, 0.15) is 17.5 Å². The molecule has 0 spiro atoms. The van der Waals surface area contributed by atoms with Gasteiger partial charge in [-0.25, -0.2) is 0 Å². The predicted molar refractivity (Wildman–Crippen MR) is 79.7 cm³/mol. The number of aryl methyl sites for hydroxylation is 2. The lowest BCUT2D eigenvalue weighted by atomic mass is 9.90. The summed E-state index contributed by atoms with van der Waals surface area (Å²) < 4.78 is 1.96. The third kappa shape index (κ3) is 2.00. The van der Waals surface area contributed by atoms with E-state index in [4.69, 9.17) is 10.8 Å². The van der Waals surface area contributed by atoms with Gasteiger partial charge in [0.05, 0.1) is 5.69 Å². The van der Waals surface area contributed by atoms with Crippen molar-refractivity contribution in [2.75, 3.05) is 6.54 Å². The van der Waals surface area contributed by atoms with E-state index in [2.05, 4.69) is 25.6 Å². The molecule has 0 radical (unpaired) electrons. The zero-order chi connectivity index (χ0) is 14.9. The van der Waals surface area contributed by atoms with Crippen molar-refractivity contribution in [3.63, 3.8) is 0 Å². The van der Waals surface area contributed by atoms with Gasteiger partial charge >= 0.3 is 0 Å². The summed E-state index contributed by atoms with van der Waals surface area (Å²) in [6, 6.07) is 2.02. The molecule has 8 nitrogen and oxygen atoms in total. The molecule has 0 fully saturated rings. The fourth-order valence-corrected chi connectivity index (χ4v) is 2.98. The molecule has 0 saturated heterocycles. The molecule has 0 saturated carbocycles. The third-order valence-corrected chi connectivity index (χ3v) is 3.98. The first kappa shape index (κ1) is 13.1. The van der Waals surface area contributed by atoms with Crippen LogP contribution in [-0.4, -0.2) is 41.9 Å². The highest BCUT2D eigenvalue weighted by atomic mass is 15.5. The number of aromatic nitrogens is 7. The number of hydrogen-bond acceptors (Lipinski definition) is 6. The Kier molecular flexibility index (Phi) is 3.15. The number of pyridine rings is 1. The van der Waals surface area contributed by atoms with E-state index in [0.717, 1.165) is 42.8 Å². The van der Waals surface area contributed by atoms with Gasteiger partial charge in [-0.3, -0.25) is 9.67 Å². The average Bonchev–Trinajstić information content (AvgIpc) is 3.19. The van der Waals surface area contributed by atoms with Crippen LogP contribution < -0.4 is 5.73 Å². The van der Waals surface area contributed by atoms with E-state index < -0.39 is 0 Å². The molecular formula is C14H16N8. The second-order valence-corrected chi connectivity index (χ2v) is 5.31. The maximum atomic E-state index is 5.64. The van der Waals surface area contributed by atoms with Crippen LogP contribution in [-0.2, 0) is 19.4 Å². The zero-order valence-electron chi connectivity index (χ0n) is 12.0. The summed E-state index contributed by atoms with van der Waals surface area (Å²) in [5.74, 6) is 0.586. The van der Waals surface area contributed by atoms with Gasteiger partial charge in [0.15, 0.2) is 0 Å². The SMILES string of the molecule is NCCCn1nc2c(c1-c1nn[nH]n1)CCc1cnccc1-2. The quantitative estimate of drug-likeness (QED) is 0.728. The third-order valence-electron chi connectivity index (χ3n) is 3.98. The second-order valence-electron chi connectivity index (χ2n) is 5.31. The van der Waals surface area contributed by atoms with Crippen molar-refractivity contribution >= 4 is 0 Å². The van der Waals surface area contributed by atoms with Crippen molar-refractivity contribution in [1.29, 1.82) is 0 Å². The number of aromatic amines is 1. The number of nitrogens with zero attached hydrogens (tertiary/aromatic N) is 6. The lowest BCUT2D eigenvalue weighted by Crippen LogP contribution is -2.09. The predicted octanol–water partition coefficient (Wildman–Crippen LogP) is 0.573. The Morgan fingerprint density at radius 2 is 2.27 bits per heavy atom. The Morgan fingerprint density at radius 3 is 3.09 bits per heavy atom. The van der Waals surface area contributed by atoms with Gasteiger partial charge in [0, 0.05) is 30.1 Å².